The van der Waals surface area contributed by atoms with E-state index in [0.29, 0.717) is 12.3 Å². The van der Waals surface area contributed by atoms with Crippen LogP contribution in [0.25, 0.3) is 11.5 Å². The number of rotatable bonds is 8. The fraction of sp³-hybridized carbons (Fsp3) is 0.278. The number of amides is 1. The monoisotopic (exact) mass is 404 g/mol. The molecule has 11 heteroatoms. The van der Waals surface area contributed by atoms with Crippen LogP contribution in [0.15, 0.2) is 36.9 Å². The predicted octanol–water partition coefficient (Wildman–Crippen LogP) is 2.49. The molecule has 0 fully saturated rings. The molecule has 0 aliphatic heterocycles. The van der Waals surface area contributed by atoms with Crippen LogP contribution in [-0.2, 0) is 11.8 Å². The van der Waals surface area contributed by atoms with E-state index in [0.717, 1.165) is 12.3 Å². The van der Waals surface area contributed by atoms with Crippen molar-refractivity contribution in [3.05, 3.63) is 48.3 Å². The quantitative estimate of drug-likeness (QED) is 0.575. The summed E-state index contributed by atoms with van der Waals surface area (Å²) < 4.78 is 37.4. The van der Waals surface area contributed by atoms with E-state index in [1.807, 2.05) is 0 Å². The van der Waals surface area contributed by atoms with Crippen LogP contribution in [0.5, 0.6) is 5.88 Å². The molecule has 1 amide bonds. The number of anilines is 1. The van der Waals surface area contributed by atoms with E-state index in [9.17, 15) is 13.6 Å². The molecular weight excluding hydrogens is 386 g/mol. The number of nitrogens with zero attached hydrogens (tertiary/aromatic N) is 5. The number of hydrogen-bond donors (Lipinski definition) is 1. The third-order valence-electron chi connectivity index (χ3n) is 3.79. The number of imidazole rings is 1. The van der Waals surface area contributed by atoms with Gasteiger partial charge in [-0.2, -0.15) is 4.98 Å². The number of ether oxygens (including phenoxy) is 2. The zero-order valence-corrected chi connectivity index (χ0v) is 15.7. The lowest BCUT2D eigenvalue weighted by atomic mass is 10.3. The van der Waals surface area contributed by atoms with E-state index in [1.165, 1.54) is 19.2 Å². The minimum Gasteiger partial charge on any atom is -0.475 e. The van der Waals surface area contributed by atoms with E-state index in [4.69, 9.17) is 9.47 Å². The lowest BCUT2D eigenvalue weighted by Crippen LogP contribution is -2.16. The zero-order valence-electron chi connectivity index (χ0n) is 15.7. The van der Waals surface area contributed by atoms with Gasteiger partial charge in [0.05, 0.1) is 31.0 Å². The van der Waals surface area contributed by atoms with Crippen molar-refractivity contribution in [1.29, 1.82) is 0 Å². The van der Waals surface area contributed by atoms with Crippen LogP contribution in [0.1, 0.15) is 22.6 Å². The van der Waals surface area contributed by atoms with Crippen LogP contribution < -0.4 is 10.1 Å². The van der Waals surface area contributed by atoms with Gasteiger partial charge in [0.2, 0.25) is 5.88 Å². The molecule has 0 saturated heterocycles. The molecule has 3 aromatic heterocycles. The maximum Gasteiger partial charge on any atom is 0.280 e. The minimum absolute atomic E-state index is 0.0292. The summed E-state index contributed by atoms with van der Waals surface area (Å²) in [4.78, 5) is 28.9. The van der Waals surface area contributed by atoms with Crippen LogP contribution in [-0.4, -0.2) is 50.7 Å². The third kappa shape index (κ3) is 5.08. The molecular formula is C18H18F2N6O3. The van der Waals surface area contributed by atoms with Crippen molar-refractivity contribution in [2.75, 3.05) is 25.6 Å². The number of aromatic nitrogens is 5. The Labute approximate surface area is 164 Å². The van der Waals surface area contributed by atoms with Gasteiger partial charge in [0.1, 0.15) is 23.7 Å². The number of methoxy groups -OCH3 is 1. The SMILES string of the molecule is COCCOc1cc(C(=O)Nc2ccc(C(F)F)nc2)nc(-c2cncn2C)n1. The molecule has 9 nitrogen and oxygen atoms in total. The highest BCUT2D eigenvalue weighted by Gasteiger charge is 2.16. The van der Waals surface area contributed by atoms with E-state index in [-0.39, 0.29) is 35.4 Å². The number of pyridine rings is 1. The topological polar surface area (TPSA) is 104 Å². The highest BCUT2D eigenvalue weighted by atomic mass is 19.3. The summed E-state index contributed by atoms with van der Waals surface area (Å²) in [5.41, 5.74) is 0.486. The highest BCUT2D eigenvalue weighted by Crippen LogP contribution is 2.20. The molecule has 0 unspecified atom stereocenters. The number of alkyl halides is 2. The van der Waals surface area contributed by atoms with Gasteiger partial charge in [-0.3, -0.25) is 9.78 Å². The molecule has 0 spiro atoms. The van der Waals surface area contributed by atoms with Crippen LogP contribution in [0.4, 0.5) is 14.5 Å². The van der Waals surface area contributed by atoms with Crippen molar-refractivity contribution < 1.29 is 23.0 Å². The molecule has 3 aromatic rings. The third-order valence-corrected chi connectivity index (χ3v) is 3.79. The Morgan fingerprint density at radius 1 is 1.24 bits per heavy atom. The van der Waals surface area contributed by atoms with E-state index < -0.39 is 12.3 Å². The van der Waals surface area contributed by atoms with Crippen molar-refractivity contribution in [1.82, 2.24) is 24.5 Å². The number of halogens is 2. The smallest absolute Gasteiger partial charge is 0.280 e. The fourth-order valence-corrected chi connectivity index (χ4v) is 2.34. The van der Waals surface area contributed by atoms with Gasteiger partial charge >= 0.3 is 0 Å². The molecule has 3 rings (SSSR count). The van der Waals surface area contributed by atoms with Crippen molar-refractivity contribution in [3.8, 4) is 17.4 Å². The maximum atomic E-state index is 12.6. The Kier molecular flexibility index (Phi) is 6.39. The molecule has 152 valence electrons. The van der Waals surface area contributed by atoms with Gasteiger partial charge in [-0.05, 0) is 12.1 Å². The average molecular weight is 404 g/mol. The molecule has 0 aliphatic carbocycles. The summed E-state index contributed by atoms with van der Waals surface area (Å²) in [7, 11) is 3.30. The molecule has 3 heterocycles. The molecule has 0 aliphatic rings. The molecule has 1 N–H and O–H groups in total. The van der Waals surface area contributed by atoms with Gasteiger partial charge in [0.25, 0.3) is 12.3 Å². The van der Waals surface area contributed by atoms with Crippen LogP contribution in [0.2, 0.25) is 0 Å². The largest absolute Gasteiger partial charge is 0.475 e. The Bertz CT molecular complexity index is 978. The molecule has 0 bridgehead atoms. The number of nitrogens with one attached hydrogen (secondary N) is 1. The first-order chi connectivity index (χ1) is 14.0. The Morgan fingerprint density at radius 2 is 2.07 bits per heavy atom. The van der Waals surface area contributed by atoms with Crippen molar-refractivity contribution >= 4 is 11.6 Å². The maximum absolute atomic E-state index is 12.6. The van der Waals surface area contributed by atoms with Gasteiger partial charge in [0.15, 0.2) is 5.82 Å². The highest BCUT2D eigenvalue weighted by molar-refractivity contribution is 6.03. The van der Waals surface area contributed by atoms with Gasteiger partial charge in [0, 0.05) is 20.2 Å². The van der Waals surface area contributed by atoms with Gasteiger partial charge in [-0.25, -0.2) is 18.7 Å². The van der Waals surface area contributed by atoms with E-state index in [1.54, 1.807) is 24.1 Å². The predicted molar refractivity (Wildman–Crippen MR) is 98.8 cm³/mol. The summed E-state index contributed by atoms with van der Waals surface area (Å²) in [6.45, 7) is 0.577. The normalized spacial score (nSPS) is 10.9. The van der Waals surface area contributed by atoms with Crippen molar-refractivity contribution in [3.63, 3.8) is 0 Å². The van der Waals surface area contributed by atoms with Crippen molar-refractivity contribution in [2.24, 2.45) is 7.05 Å². The Morgan fingerprint density at radius 3 is 2.69 bits per heavy atom. The van der Waals surface area contributed by atoms with E-state index >= 15 is 0 Å². The second-order valence-corrected chi connectivity index (χ2v) is 5.87. The number of aryl methyl sites for hydroxylation is 1. The number of hydrogen-bond acceptors (Lipinski definition) is 7. The number of carbonyl (C=O) groups excluding carboxylic acids is 1. The Balaban J connectivity index is 1.86. The first-order valence-electron chi connectivity index (χ1n) is 8.51. The summed E-state index contributed by atoms with van der Waals surface area (Å²) in [5, 5.41) is 2.57. The van der Waals surface area contributed by atoms with E-state index in [2.05, 4.69) is 25.3 Å². The molecule has 0 saturated carbocycles. The summed E-state index contributed by atoms with van der Waals surface area (Å²) in [6.07, 6.45) is 1.60. The summed E-state index contributed by atoms with van der Waals surface area (Å²) >= 11 is 0. The first kappa shape index (κ1) is 20.3. The zero-order chi connectivity index (χ0) is 20.8. The van der Waals surface area contributed by atoms with Gasteiger partial charge in [-0.15, -0.1) is 0 Å². The second kappa shape index (κ2) is 9.15. The second-order valence-electron chi connectivity index (χ2n) is 5.87. The molecule has 0 aromatic carbocycles. The van der Waals surface area contributed by atoms with Gasteiger partial charge in [-0.1, -0.05) is 0 Å². The van der Waals surface area contributed by atoms with Crippen LogP contribution >= 0.6 is 0 Å². The average Bonchev–Trinajstić information content (AvgIpc) is 3.14. The molecule has 0 atom stereocenters. The fourth-order valence-electron chi connectivity index (χ4n) is 2.34. The van der Waals surface area contributed by atoms with Crippen LogP contribution in [0.3, 0.4) is 0 Å². The lowest BCUT2D eigenvalue weighted by molar-refractivity contribution is 0.102. The van der Waals surface area contributed by atoms with Gasteiger partial charge < -0.3 is 19.4 Å². The molecule has 29 heavy (non-hydrogen) atoms. The van der Waals surface area contributed by atoms with Crippen molar-refractivity contribution in [2.45, 2.75) is 6.43 Å². The Hall–Kier alpha value is -3.47. The summed E-state index contributed by atoms with van der Waals surface area (Å²) in [6, 6.07) is 3.86. The number of carbonyl (C=O) groups is 1. The molecule has 0 radical (unpaired) electrons. The van der Waals surface area contributed by atoms with Crippen LogP contribution in [0, 0.1) is 0 Å². The summed E-state index contributed by atoms with van der Waals surface area (Å²) in [5.74, 6) is -0.139. The lowest BCUT2D eigenvalue weighted by Gasteiger charge is -2.10. The minimum atomic E-state index is -2.69. The first-order valence-corrected chi connectivity index (χ1v) is 8.51. The standard InChI is InChI=1S/C18H18F2N6O3/c1-26-10-21-9-14(26)17-24-13(7-15(25-17)29-6-5-28-2)18(27)23-11-3-4-12(16(19)20)22-8-11/h3-4,7-10,16H,5-6H2,1-2H3,(H,23,27).